The molecule has 0 rings (SSSR count). The monoisotopic (exact) mass is 178 g/mol. The Kier molecular flexibility index (Phi) is 5.44. The van der Waals surface area contributed by atoms with Gasteiger partial charge in [-0.05, 0) is 6.92 Å². The van der Waals surface area contributed by atoms with Crippen molar-refractivity contribution in [3.63, 3.8) is 0 Å². The van der Waals surface area contributed by atoms with Crippen molar-refractivity contribution < 1.29 is 25.1 Å². The van der Waals surface area contributed by atoms with E-state index in [1.54, 1.807) is 0 Å². The molecule has 0 radical (unpaired) electrons. The molecule has 0 saturated carbocycles. The Hall–Kier alpha value is -0.135. The zero-order chi connectivity index (χ0) is 9.72. The molecule has 0 bridgehead atoms. The number of rotatable bonds is 5. The molecule has 0 aromatic carbocycles. The second-order valence-electron chi connectivity index (χ2n) is 2.68. The number of aliphatic hydroxyl groups is 4. The second-order valence-corrected chi connectivity index (χ2v) is 2.68. The molecule has 5 nitrogen and oxygen atoms in total. The van der Waals surface area contributed by atoms with Crippen molar-refractivity contribution in [2.75, 3.05) is 6.61 Å². The van der Waals surface area contributed by atoms with Crippen molar-refractivity contribution in [3.05, 3.63) is 0 Å². The van der Waals surface area contributed by atoms with E-state index in [1.807, 2.05) is 0 Å². The molecule has 0 aromatic heterocycles. The lowest BCUT2D eigenvalue weighted by Gasteiger charge is -2.26. The van der Waals surface area contributed by atoms with Crippen molar-refractivity contribution in [2.24, 2.45) is 0 Å². The largest absolute Gasteiger partial charge is 0.436 e. The standard InChI is InChI=1S/C6H15BO5/c1-3(9)5(10)6(11)4(2-8)12-7/h3-6,8-11H,2,7H2,1H3. The molecule has 0 aromatic rings. The van der Waals surface area contributed by atoms with Gasteiger partial charge in [-0.1, -0.05) is 0 Å². The fraction of sp³-hybridized carbons (Fsp3) is 1.00. The Bertz CT molecular complexity index is 115. The van der Waals surface area contributed by atoms with Gasteiger partial charge in [0.2, 0.25) is 0 Å². The number of hydrogen-bond acceptors (Lipinski definition) is 5. The van der Waals surface area contributed by atoms with Crippen LogP contribution in [-0.4, -0.2) is 59.5 Å². The lowest BCUT2D eigenvalue weighted by Crippen LogP contribution is -2.45. The number of hydrogen-bond donors (Lipinski definition) is 4. The maximum absolute atomic E-state index is 9.25. The van der Waals surface area contributed by atoms with E-state index in [4.69, 9.17) is 15.3 Å². The summed E-state index contributed by atoms with van der Waals surface area (Å²) < 4.78 is 4.66. The van der Waals surface area contributed by atoms with E-state index in [9.17, 15) is 5.11 Å². The van der Waals surface area contributed by atoms with Gasteiger partial charge in [-0.25, -0.2) is 0 Å². The maximum atomic E-state index is 9.25. The summed E-state index contributed by atoms with van der Waals surface area (Å²) in [5.74, 6) is 0. The highest BCUT2D eigenvalue weighted by atomic mass is 16.5. The second kappa shape index (κ2) is 5.50. The molecule has 0 fully saturated rings. The van der Waals surface area contributed by atoms with Gasteiger partial charge in [0.25, 0.3) is 8.05 Å². The molecule has 4 N–H and O–H groups in total. The minimum absolute atomic E-state index is 0.401. The summed E-state index contributed by atoms with van der Waals surface area (Å²) in [4.78, 5) is 0. The summed E-state index contributed by atoms with van der Waals surface area (Å²) in [5, 5.41) is 35.9. The Balaban J connectivity index is 4.05. The van der Waals surface area contributed by atoms with Gasteiger partial charge in [0.05, 0.1) is 18.8 Å². The van der Waals surface area contributed by atoms with Crippen LogP contribution in [-0.2, 0) is 4.65 Å². The smallest absolute Gasteiger partial charge is 0.257 e. The molecule has 6 heteroatoms. The minimum Gasteiger partial charge on any atom is -0.436 e. The van der Waals surface area contributed by atoms with Gasteiger partial charge in [-0.3, -0.25) is 0 Å². The van der Waals surface area contributed by atoms with Crippen LogP contribution in [0.5, 0.6) is 0 Å². The molecular weight excluding hydrogens is 163 g/mol. The van der Waals surface area contributed by atoms with Crippen LogP contribution in [0.3, 0.4) is 0 Å². The minimum atomic E-state index is -1.30. The lowest BCUT2D eigenvalue weighted by atomic mass is 10.0. The molecule has 0 saturated heterocycles. The molecule has 0 aliphatic heterocycles. The van der Waals surface area contributed by atoms with E-state index in [1.165, 1.54) is 15.0 Å². The van der Waals surface area contributed by atoms with Crippen molar-refractivity contribution >= 4 is 8.05 Å². The predicted octanol–water partition coefficient (Wildman–Crippen LogP) is -2.99. The van der Waals surface area contributed by atoms with Gasteiger partial charge < -0.3 is 25.1 Å². The summed E-state index contributed by atoms with van der Waals surface area (Å²) in [6.07, 6.45) is -4.50. The molecule has 72 valence electrons. The average molecular weight is 178 g/mol. The summed E-state index contributed by atoms with van der Waals surface area (Å²) in [6.45, 7) is 0.944. The van der Waals surface area contributed by atoms with Crippen molar-refractivity contribution in [3.8, 4) is 0 Å². The van der Waals surface area contributed by atoms with Crippen molar-refractivity contribution in [2.45, 2.75) is 31.3 Å². The van der Waals surface area contributed by atoms with Crippen LogP contribution in [0.4, 0.5) is 0 Å². The van der Waals surface area contributed by atoms with Crippen LogP contribution >= 0.6 is 0 Å². The van der Waals surface area contributed by atoms with Gasteiger partial charge in [0.15, 0.2) is 0 Å². The third-order valence-corrected chi connectivity index (χ3v) is 1.71. The first-order valence-electron chi connectivity index (χ1n) is 3.72. The molecule has 0 heterocycles. The van der Waals surface area contributed by atoms with E-state index < -0.39 is 31.0 Å². The molecule has 0 aliphatic rings. The topological polar surface area (TPSA) is 90.2 Å². The fourth-order valence-corrected chi connectivity index (χ4v) is 0.827. The van der Waals surface area contributed by atoms with Gasteiger partial charge >= 0.3 is 0 Å². The molecule has 4 atom stereocenters. The van der Waals surface area contributed by atoms with Gasteiger partial charge in [-0.2, -0.15) is 0 Å². The fourth-order valence-electron chi connectivity index (χ4n) is 0.827. The molecular formula is C6H15BO5. The summed E-state index contributed by atoms with van der Waals surface area (Å²) >= 11 is 0. The number of aliphatic hydroxyl groups excluding tert-OH is 4. The van der Waals surface area contributed by atoms with Crippen LogP contribution in [0, 0.1) is 0 Å². The van der Waals surface area contributed by atoms with Gasteiger partial charge in [0, 0.05) is 0 Å². The lowest BCUT2D eigenvalue weighted by molar-refractivity contribution is -0.102. The maximum Gasteiger partial charge on any atom is 0.257 e. The first-order chi connectivity index (χ1) is 5.54. The highest BCUT2D eigenvalue weighted by Gasteiger charge is 2.28. The first-order valence-corrected chi connectivity index (χ1v) is 3.72. The van der Waals surface area contributed by atoms with Crippen LogP contribution in [0.2, 0.25) is 0 Å². The Morgan fingerprint density at radius 1 is 1.25 bits per heavy atom. The van der Waals surface area contributed by atoms with Gasteiger partial charge in [-0.15, -0.1) is 0 Å². The Labute approximate surface area is 72.0 Å². The summed E-state index contributed by atoms with van der Waals surface area (Å²) in [5.41, 5.74) is 0. The Morgan fingerprint density at radius 2 is 1.75 bits per heavy atom. The van der Waals surface area contributed by atoms with E-state index >= 15 is 0 Å². The van der Waals surface area contributed by atoms with Crippen LogP contribution in [0.1, 0.15) is 6.92 Å². The zero-order valence-corrected chi connectivity index (χ0v) is 7.21. The molecule has 0 amide bonds. The van der Waals surface area contributed by atoms with E-state index in [-0.39, 0.29) is 0 Å². The summed E-state index contributed by atoms with van der Waals surface area (Å²) in [6, 6.07) is 0. The third-order valence-electron chi connectivity index (χ3n) is 1.71. The molecule has 0 aliphatic carbocycles. The van der Waals surface area contributed by atoms with Crippen LogP contribution < -0.4 is 0 Å². The van der Waals surface area contributed by atoms with Crippen molar-refractivity contribution in [1.82, 2.24) is 0 Å². The normalized spacial score (nSPS) is 21.4. The van der Waals surface area contributed by atoms with Gasteiger partial charge in [0.1, 0.15) is 12.2 Å². The van der Waals surface area contributed by atoms with Crippen LogP contribution in [0.15, 0.2) is 0 Å². The molecule has 12 heavy (non-hydrogen) atoms. The zero-order valence-electron chi connectivity index (χ0n) is 7.21. The van der Waals surface area contributed by atoms with E-state index in [2.05, 4.69) is 4.65 Å². The van der Waals surface area contributed by atoms with E-state index in [0.717, 1.165) is 0 Å². The highest BCUT2D eigenvalue weighted by molar-refractivity contribution is 5.98. The van der Waals surface area contributed by atoms with Crippen LogP contribution in [0.25, 0.3) is 0 Å². The third kappa shape index (κ3) is 3.08. The SMILES string of the molecule is BOC(CO)C(O)C(O)C(C)O. The van der Waals surface area contributed by atoms with Crippen molar-refractivity contribution in [1.29, 1.82) is 0 Å². The summed E-state index contributed by atoms with van der Waals surface area (Å²) in [7, 11) is 1.30. The van der Waals surface area contributed by atoms with E-state index in [0.29, 0.717) is 0 Å². The molecule has 0 spiro atoms. The Morgan fingerprint density at radius 3 is 2.00 bits per heavy atom. The highest BCUT2D eigenvalue weighted by Crippen LogP contribution is 2.06. The quantitative estimate of drug-likeness (QED) is 0.337. The molecule has 4 unspecified atom stereocenters. The average Bonchev–Trinajstić information content (AvgIpc) is 2.05. The first kappa shape index (κ1) is 11.9. The predicted molar refractivity (Wildman–Crippen MR) is 44.2 cm³/mol.